The molecule has 2 aliphatic rings. The molecule has 0 N–H and O–H groups in total. The Labute approximate surface area is 123 Å². The van der Waals surface area contributed by atoms with E-state index in [0.29, 0.717) is 17.8 Å². The van der Waals surface area contributed by atoms with Gasteiger partial charge in [0.1, 0.15) is 0 Å². The second-order valence-corrected chi connectivity index (χ2v) is 6.17. The zero-order valence-corrected chi connectivity index (χ0v) is 12.2. The lowest BCUT2D eigenvalue weighted by molar-refractivity contribution is -0.137. The summed E-state index contributed by atoms with van der Waals surface area (Å²) in [5.41, 5.74) is 0.136. The minimum atomic E-state index is -4.27. The minimum Gasteiger partial charge on any atom is -0.370 e. The van der Waals surface area contributed by atoms with E-state index >= 15 is 0 Å². The number of benzene rings is 1. The summed E-state index contributed by atoms with van der Waals surface area (Å²) in [6.07, 6.45) is -0.750. The van der Waals surface area contributed by atoms with Crippen LogP contribution in [0.5, 0.6) is 0 Å². The van der Waals surface area contributed by atoms with Gasteiger partial charge in [-0.1, -0.05) is 6.07 Å². The van der Waals surface area contributed by atoms with Crippen molar-refractivity contribution in [2.75, 3.05) is 24.5 Å². The fraction of sp³-hybridized carbons (Fsp3) is 0.625. The highest BCUT2D eigenvalue weighted by atomic mass is 19.4. The van der Waals surface area contributed by atoms with Crippen molar-refractivity contribution in [3.05, 3.63) is 29.8 Å². The molecule has 0 radical (unpaired) electrons. The van der Waals surface area contributed by atoms with Gasteiger partial charge in [0.2, 0.25) is 0 Å². The van der Waals surface area contributed by atoms with Crippen molar-refractivity contribution in [2.24, 2.45) is 0 Å². The maximum Gasteiger partial charge on any atom is 0.416 e. The molecule has 2 heterocycles. The molecule has 2 nitrogen and oxygen atoms in total. The van der Waals surface area contributed by atoms with Crippen LogP contribution < -0.4 is 4.90 Å². The van der Waals surface area contributed by atoms with Crippen LogP contribution in [0.2, 0.25) is 0 Å². The Bertz CT molecular complexity index is 501. The fourth-order valence-corrected chi connectivity index (χ4v) is 3.62. The fourth-order valence-electron chi connectivity index (χ4n) is 3.62. The van der Waals surface area contributed by atoms with Crippen LogP contribution in [0.25, 0.3) is 0 Å². The minimum absolute atomic E-state index is 0.483. The average molecular weight is 298 g/mol. The molecule has 1 aromatic carbocycles. The molecular weight excluding hydrogens is 277 g/mol. The van der Waals surface area contributed by atoms with Gasteiger partial charge in [-0.05, 0) is 50.9 Å². The summed E-state index contributed by atoms with van der Waals surface area (Å²) in [5.74, 6) is 0. The molecule has 2 atom stereocenters. The summed E-state index contributed by atoms with van der Waals surface area (Å²) >= 11 is 0. The first-order valence-corrected chi connectivity index (χ1v) is 7.63. The van der Waals surface area contributed by atoms with Gasteiger partial charge in [0.15, 0.2) is 0 Å². The number of likely N-dealkylation sites (tertiary alicyclic amines) is 1. The Hall–Kier alpha value is -1.23. The second-order valence-electron chi connectivity index (χ2n) is 6.17. The van der Waals surface area contributed by atoms with Gasteiger partial charge in [0.05, 0.1) is 5.56 Å². The van der Waals surface area contributed by atoms with Crippen LogP contribution in [0.4, 0.5) is 18.9 Å². The summed E-state index contributed by atoms with van der Waals surface area (Å²) in [5, 5.41) is 0. The van der Waals surface area contributed by atoms with E-state index in [-0.39, 0.29) is 0 Å². The number of hydrogen-bond acceptors (Lipinski definition) is 2. The second kappa shape index (κ2) is 5.52. The first kappa shape index (κ1) is 14.7. The van der Waals surface area contributed by atoms with Crippen molar-refractivity contribution in [3.63, 3.8) is 0 Å². The van der Waals surface area contributed by atoms with Crippen LogP contribution >= 0.6 is 0 Å². The van der Waals surface area contributed by atoms with E-state index in [1.807, 2.05) is 0 Å². The number of rotatable bonds is 2. The zero-order valence-electron chi connectivity index (χ0n) is 12.2. The molecule has 21 heavy (non-hydrogen) atoms. The molecule has 0 saturated carbocycles. The molecule has 0 amide bonds. The van der Waals surface area contributed by atoms with Gasteiger partial charge in [-0.3, -0.25) is 4.90 Å². The number of alkyl halides is 3. The Morgan fingerprint density at radius 1 is 1.14 bits per heavy atom. The molecule has 0 aromatic heterocycles. The topological polar surface area (TPSA) is 6.48 Å². The number of halogens is 3. The largest absolute Gasteiger partial charge is 0.416 e. The lowest BCUT2D eigenvalue weighted by Crippen LogP contribution is -2.39. The SMILES string of the molecule is C[C@H]1CCCN1[C@H]1CCN(c2cccc(C(F)(F)F)c2)C1. The Morgan fingerprint density at radius 3 is 2.62 bits per heavy atom. The van der Waals surface area contributed by atoms with E-state index in [1.165, 1.54) is 25.0 Å². The molecule has 3 rings (SSSR count). The summed E-state index contributed by atoms with van der Waals surface area (Å²) in [4.78, 5) is 4.61. The third-order valence-electron chi connectivity index (χ3n) is 4.78. The Kier molecular flexibility index (Phi) is 3.86. The van der Waals surface area contributed by atoms with Crippen LogP contribution in [-0.2, 0) is 6.18 Å². The Balaban J connectivity index is 1.71. The molecule has 2 fully saturated rings. The summed E-state index contributed by atoms with van der Waals surface area (Å²) in [6, 6.07) is 6.79. The highest BCUT2D eigenvalue weighted by molar-refractivity contribution is 5.50. The van der Waals surface area contributed by atoms with Crippen LogP contribution in [0.15, 0.2) is 24.3 Å². The predicted molar refractivity (Wildman–Crippen MR) is 77.5 cm³/mol. The van der Waals surface area contributed by atoms with Gasteiger partial charge in [0.25, 0.3) is 0 Å². The third kappa shape index (κ3) is 3.03. The molecule has 2 saturated heterocycles. The van der Waals surface area contributed by atoms with Gasteiger partial charge in [-0.2, -0.15) is 13.2 Å². The smallest absolute Gasteiger partial charge is 0.370 e. The molecule has 0 bridgehead atoms. The van der Waals surface area contributed by atoms with Crippen LogP contribution in [0.3, 0.4) is 0 Å². The van der Waals surface area contributed by atoms with Crippen LogP contribution in [-0.4, -0.2) is 36.6 Å². The van der Waals surface area contributed by atoms with Crippen molar-refractivity contribution in [1.82, 2.24) is 4.90 Å². The quantitative estimate of drug-likeness (QED) is 0.820. The molecule has 116 valence electrons. The molecular formula is C16H21F3N2. The zero-order chi connectivity index (χ0) is 15.0. The van der Waals surface area contributed by atoms with Crippen LogP contribution in [0, 0.1) is 0 Å². The van der Waals surface area contributed by atoms with E-state index in [1.54, 1.807) is 6.07 Å². The van der Waals surface area contributed by atoms with Gasteiger partial charge in [-0.25, -0.2) is 0 Å². The highest BCUT2D eigenvalue weighted by Gasteiger charge is 2.34. The monoisotopic (exact) mass is 298 g/mol. The summed E-state index contributed by atoms with van der Waals surface area (Å²) in [6.45, 7) is 5.06. The van der Waals surface area contributed by atoms with E-state index in [9.17, 15) is 13.2 Å². The molecule has 1 aromatic rings. The maximum atomic E-state index is 12.8. The van der Waals surface area contributed by atoms with Crippen molar-refractivity contribution in [2.45, 2.75) is 44.4 Å². The number of anilines is 1. The molecule has 0 spiro atoms. The van der Waals surface area contributed by atoms with Gasteiger partial charge < -0.3 is 4.90 Å². The average Bonchev–Trinajstić information content (AvgIpc) is 3.06. The first-order valence-electron chi connectivity index (χ1n) is 7.63. The van der Waals surface area contributed by atoms with E-state index < -0.39 is 11.7 Å². The standard InChI is InChI=1S/C16H21F3N2/c1-12-4-3-8-21(12)15-7-9-20(11-15)14-6-2-5-13(10-14)16(17,18)19/h2,5-6,10,12,15H,3-4,7-9,11H2,1H3/t12-,15-/m0/s1. The number of hydrogen-bond donors (Lipinski definition) is 0. The van der Waals surface area contributed by atoms with Crippen LogP contribution in [0.1, 0.15) is 31.7 Å². The van der Waals surface area contributed by atoms with Crippen molar-refractivity contribution >= 4 is 5.69 Å². The van der Waals surface area contributed by atoms with Gasteiger partial charge in [-0.15, -0.1) is 0 Å². The van der Waals surface area contributed by atoms with E-state index in [4.69, 9.17) is 0 Å². The highest BCUT2D eigenvalue weighted by Crippen LogP contribution is 2.33. The first-order chi connectivity index (χ1) is 9.95. The summed E-state index contributed by atoms with van der Waals surface area (Å²) in [7, 11) is 0. The van der Waals surface area contributed by atoms with Crippen molar-refractivity contribution in [1.29, 1.82) is 0 Å². The molecule has 2 aliphatic heterocycles. The maximum absolute atomic E-state index is 12.8. The van der Waals surface area contributed by atoms with E-state index in [2.05, 4.69) is 16.7 Å². The Morgan fingerprint density at radius 2 is 1.95 bits per heavy atom. The predicted octanol–water partition coefficient (Wildman–Crippen LogP) is 3.77. The third-order valence-corrected chi connectivity index (χ3v) is 4.78. The van der Waals surface area contributed by atoms with E-state index in [0.717, 1.165) is 32.1 Å². The lowest BCUT2D eigenvalue weighted by atomic mass is 10.2. The normalized spacial score (nSPS) is 27.5. The molecule has 0 aliphatic carbocycles. The van der Waals surface area contributed by atoms with Crippen molar-refractivity contribution in [3.8, 4) is 0 Å². The van der Waals surface area contributed by atoms with Crippen molar-refractivity contribution < 1.29 is 13.2 Å². The molecule has 5 heteroatoms. The number of nitrogens with zero attached hydrogens (tertiary/aromatic N) is 2. The van der Waals surface area contributed by atoms with Gasteiger partial charge >= 0.3 is 6.18 Å². The lowest BCUT2D eigenvalue weighted by Gasteiger charge is -2.28. The van der Waals surface area contributed by atoms with Gasteiger partial charge in [0, 0.05) is 30.9 Å². The summed E-state index contributed by atoms with van der Waals surface area (Å²) < 4.78 is 38.4. The molecule has 0 unspecified atom stereocenters.